The summed E-state index contributed by atoms with van der Waals surface area (Å²) in [5.41, 5.74) is 5.81. The average Bonchev–Trinajstić information content (AvgIpc) is 2.39. The number of benzene rings is 2. The fourth-order valence-electron chi connectivity index (χ4n) is 1.70. The van der Waals surface area contributed by atoms with Gasteiger partial charge in [0.15, 0.2) is 17.4 Å². The lowest BCUT2D eigenvalue weighted by molar-refractivity contribution is 0.274. The van der Waals surface area contributed by atoms with Crippen molar-refractivity contribution in [3.05, 3.63) is 65.0 Å². The molecule has 0 fully saturated rings. The third-order valence-corrected chi connectivity index (χ3v) is 2.65. The van der Waals surface area contributed by atoms with Gasteiger partial charge in [-0.05, 0) is 24.3 Å². The van der Waals surface area contributed by atoms with Crippen molar-refractivity contribution in [2.45, 2.75) is 6.61 Å². The van der Waals surface area contributed by atoms with Crippen molar-refractivity contribution >= 4 is 5.84 Å². The monoisotopic (exact) mass is 280 g/mol. The van der Waals surface area contributed by atoms with Gasteiger partial charge in [-0.2, -0.15) is 0 Å². The molecule has 0 bridgehead atoms. The van der Waals surface area contributed by atoms with Crippen molar-refractivity contribution in [3.63, 3.8) is 0 Å². The largest absolute Gasteiger partial charge is 0.483 e. The molecule has 0 aliphatic carbocycles. The zero-order valence-electron chi connectivity index (χ0n) is 10.3. The summed E-state index contributed by atoms with van der Waals surface area (Å²) in [5.74, 6) is -3.10. The Morgan fingerprint density at radius 1 is 1.10 bits per heavy atom. The minimum Gasteiger partial charge on any atom is -0.483 e. The molecule has 0 saturated heterocycles. The second-order valence-electron chi connectivity index (χ2n) is 4.05. The highest BCUT2D eigenvalue weighted by Gasteiger charge is 2.12. The second-order valence-corrected chi connectivity index (χ2v) is 4.05. The van der Waals surface area contributed by atoms with E-state index in [9.17, 15) is 13.2 Å². The first-order chi connectivity index (χ1) is 9.49. The summed E-state index contributed by atoms with van der Waals surface area (Å²) in [4.78, 5) is 0. The number of halogens is 3. The van der Waals surface area contributed by atoms with Crippen LogP contribution in [0, 0.1) is 22.9 Å². The van der Waals surface area contributed by atoms with Crippen LogP contribution in [0.15, 0.2) is 36.4 Å². The van der Waals surface area contributed by atoms with Crippen molar-refractivity contribution in [3.8, 4) is 5.75 Å². The third kappa shape index (κ3) is 2.90. The molecule has 0 aromatic heterocycles. The van der Waals surface area contributed by atoms with E-state index in [0.29, 0.717) is 5.56 Å². The maximum absolute atomic E-state index is 13.4. The first-order valence-electron chi connectivity index (χ1n) is 5.68. The molecule has 0 saturated carbocycles. The summed E-state index contributed by atoms with van der Waals surface area (Å²) in [6, 6.07) is 6.92. The molecule has 2 aromatic carbocycles. The lowest BCUT2D eigenvalue weighted by atomic mass is 10.1. The predicted octanol–water partition coefficient (Wildman–Crippen LogP) is 2.97. The summed E-state index contributed by atoms with van der Waals surface area (Å²) in [7, 11) is 0. The maximum atomic E-state index is 13.4. The van der Waals surface area contributed by atoms with E-state index in [2.05, 4.69) is 0 Å². The van der Waals surface area contributed by atoms with Crippen LogP contribution in [0.2, 0.25) is 0 Å². The highest BCUT2D eigenvalue weighted by Crippen LogP contribution is 2.22. The molecule has 3 nitrogen and oxygen atoms in total. The number of nitrogens with one attached hydrogen (secondary N) is 1. The molecule has 0 radical (unpaired) electrons. The van der Waals surface area contributed by atoms with Gasteiger partial charge in [-0.3, -0.25) is 5.41 Å². The van der Waals surface area contributed by atoms with E-state index in [1.54, 1.807) is 0 Å². The first-order valence-corrected chi connectivity index (χ1v) is 5.68. The van der Waals surface area contributed by atoms with Crippen molar-refractivity contribution in [1.82, 2.24) is 0 Å². The summed E-state index contributed by atoms with van der Waals surface area (Å²) in [5, 5.41) is 7.35. The van der Waals surface area contributed by atoms with Gasteiger partial charge in [0, 0.05) is 11.1 Å². The first kappa shape index (κ1) is 13.9. The lowest BCUT2D eigenvalue weighted by Gasteiger charge is -2.11. The van der Waals surface area contributed by atoms with Gasteiger partial charge in [-0.1, -0.05) is 12.1 Å². The Labute approximate surface area is 113 Å². The van der Waals surface area contributed by atoms with Gasteiger partial charge in [0.05, 0.1) is 0 Å². The molecule has 0 aliphatic heterocycles. The van der Waals surface area contributed by atoms with Gasteiger partial charge in [-0.25, -0.2) is 13.2 Å². The molecule has 104 valence electrons. The van der Waals surface area contributed by atoms with Crippen LogP contribution in [0.5, 0.6) is 5.75 Å². The van der Waals surface area contributed by atoms with E-state index >= 15 is 0 Å². The van der Waals surface area contributed by atoms with Crippen molar-refractivity contribution in [2.24, 2.45) is 5.73 Å². The normalized spacial score (nSPS) is 10.3. The van der Waals surface area contributed by atoms with Crippen LogP contribution in [0.25, 0.3) is 0 Å². The highest BCUT2D eigenvalue weighted by molar-refractivity contribution is 5.96. The minimum atomic E-state index is -0.837. The van der Waals surface area contributed by atoms with E-state index in [0.717, 1.165) is 24.3 Å². The van der Waals surface area contributed by atoms with E-state index < -0.39 is 23.2 Å². The number of para-hydroxylation sites is 1. The van der Waals surface area contributed by atoms with Crippen molar-refractivity contribution in [1.29, 1.82) is 5.41 Å². The fraction of sp³-hybridized carbons (Fsp3) is 0.0714. The van der Waals surface area contributed by atoms with E-state index in [1.807, 2.05) is 0 Å². The molecule has 0 unspecified atom stereocenters. The molecule has 6 heteroatoms. The molecule has 0 aliphatic rings. The summed E-state index contributed by atoms with van der Waals surface area (Å²) in [6.07, 6.45) is 0. The Bertz CT molecular complexity index is 639. The number of nitrogens with two attached hydrogens (primary N) is 1. The number of nitrogen functional groups attached to an aromatic ring is 1. The number of hydrogen-bond acceptors (Lipinski definition) is 2. The molecule has 2 aromatic rings. The summed E-state index contributed by atoms with van der Waals surface area (Å²) >= 11 is 0. The van der Waals surface area contributed by atoms with Gasteiger partial charge < -0.3 is 10.5 Å². The molecular weight excluding hydrogens is 269 g/mol. The number of hydrogen-bond donors (Lipinski definition) is 2. The molecule has 0 amide bonds. The Hall–Kier alpha value is -2.50. The summed E-state index contributed by atoms with van der Waals surface area (Å²) < 4.78 is 44.9. The smallest absolute Gasteiger partial charge is 0.191 e. The number of ether oxygens (including phenoxy) is 1. The third-order valence-electron chi connectivity index (χ3n) is 2.65. The zero-order chi connectivity index (χ0) is 14.7. The van der Waals surface area contributed by atoms with Crippen LogP contribution >= 0.6 is 0 Å². The standard InChI is InChI=1S/C14H11F3N2O/c15-9-5-4-8(10(6-9)14(18)19)7-20-13-11(16)2-1-3-12(13)17/h1-6H,7H2,(H3,18,19). The quantitative estimate of drug-likeness (QED) is 0.668. The zero-order valence-corrected chi connectivity index (χ0v) is 10.3. The fourth-order valence-corrected chi connectivity index (χ4v) is 1.70. The van der Waals surface area contributed by atoms with Crippen LogP contribution in [0.3, 0.4) is 0 Å². The summed E-state index contributed by atoms with van der Waals surface area (Å²) in [6.45, 7) is -0.229. The maximum Gasteiger partial charge on any atom is 0.191 e. The van der Waals surface area contributed by atoms with Crippen LogP contribution in [-0.4, -0.2) is 5.84 Å². The molecule has 0 atom stereocenters. The molecule has 2 rings (SSSR count). The van der Waals surface area contributed by atoms with E-state index in [-0.39, 0.29) is 18.0 Å². The topological polar surface area (TPSA) is 59.1 Å². The Morgan fingerprint density at radius 2 is 1.75 bits per heavy atom. The van der Waals surface area contributed by atoms with Crippen LogP contribution in [-0.2, 0) is 6.61 Å². The molecule has 20 heavy (non-hydrogen) atoms. The SMILES string of the molecule is N=C(N)c1cc(F)ccc1COc1c(F)cccc1F. The van der Waals surface area contributed by atoms with Crippen LogP contribution in [0.4, 0.5) is 13.2 Å². The van der Waals surface area contributed by atoms with Gasteiger partial charge in [0.25, 0.3) is 0 Å². The molecule has 3 N–H and O–H groups in total. The predicted molar refractivity (Wildman–Crippen MR) is 68.1 cm³/mol. The Kier molecular flexibility index (Phi) is 3.93. The second kappa shape index (κ2) is 5.64. The minimum absolute atomic E-state index is 0.127. The van der Waals surface area contributed by atoms with E-state index in [4.69, 9.17) is 15.9 Å². The average molecular weight is 280 g/mol. The van der Waals surface area contributed by atoms with Gasteiger partial charge in [-0.15, -0.1) is 0 Å². The number of amidine groups is 1. The van der Waals surface area contributed by atoms with Gasteiger partial charge in [0.1, 0.15) is 18.3 Å². The van der Waals surface area contributed by atoms with Gasteiger partial charge >= 0.3 is 0 Å². The molecule has 0 heterocycles. The molecule has 0 spiro atoms. The van der Waals surface area contributed by atoms with Crippen molar-refractivity contribution in [2.75, 3.05) is 0 Å². The van der Waals surface area contributed by atoms with Crippen LogP contribution in [0.1, 0.15) is 11.1 Å². The lowest BCUT2D eigenvalue weighted by Crippen LogP contribution is -2.15. The Morgan fingerprint density at radius 3 is 2.35 bits per heavy atom. The van der Waals surface area contributed by atoms with Crippen LogP contribution < -0.4 is 10.5 Å². The van der Waals surface area contributed by atoms with E-state index in [1.165, 1.54) is 12.1 Å². The van der Waals surface area contributed by atoms with Crippen molar-refractivity contribution < 1.29 is 17.9 Å². The Balaban J connectivity index is 2.25. The van der Waals surface area contributed by atoms with Gasteiger partial charge in [0.2, 0.25) is 0 Å². The molecular formula is C14H11F3N2O. The number of rotatable bonds is 4. The highest BCUT2D eigenvalue weighted by atomic mass is 19.1.